The van der Waals surface area contributed by atoms with E-state index in [9.17, 15) is 9.59 Å². The molecule has 2 N–H and O–H groups in total. The van der Waals surface area contributed by atoms with Crippen LogP contribution in [0.25, 0.3) is 11.3 Å². The molecule has 0 saturated carbocycles. The molecule has 0 radical (unpaired) electrons. The molecule has 0 aliphatic carbocycles. The third-order valence-corrected chi connectivity index (χ3v) is 5.19. The zero-order valence-corrected chi connectivity index (χ0v) is 15.5. The lowest BCUT2D eigenvalue weighted by molar-refractivity contribution is -0.115. The summed E-state index contributed by atoms with van der Waals surface area (Å²) in [5.41, 5.74) is 4.23. The summed E-state index contributed by atoms with van der Waals surface area (Å²) >= 11 is 2.70. The van der Waals surface area contributed by atoms with E-state index in [0.29, 0.717) is 10.0 Å². The van der Waals surface area contributed by atoms with Crippen molar-refractivity contribution in [3.05, 3.63) is 57.1 Å². The van der Waals surface area contributed by atoms with Crippen molar-refractivity contribution in [3.8, 4) is 11.3 Å². The number of anilines is 1. The molecule has 1 aromatic carbocycles. The second-order valence-electron chi connectivity index (χ2n) is 5.56. The van der Waals surface area contributed by atoms with Crippen LogP contribution in [0.15, 0.2) is 41.1 Å². The van der Waals surface area contributed by atoms with Gasteiger partial charge in [0.1, 0.15) is 0 Å². The molecular weight excluding hydrogens is 354 g/mol. The number of benzene rings is 1. The van der Waals surface area contributed by atoms with Gasteiger partial charge < -0.3 is 10.6 Å². The maximum atomic E-state index is 12.0. The molecule has 0 fully saturated rings. The molecule has 5 nitrogen and oxygen atoms in total. The maximum Gasteiger partial charge on any atom is 0.261 e. The fraction of sp³-hybridized carbons (Fsp3) is 0.167. The van der Waals surface area contributed by atoms with Crippen molar-refractivity contribution in [2.75, 3.05) is 11.9 Å². The first-order valence-electron chi connectivity index (χ1n) is 7.67. The molecule has 7 heteroatoms. The van der Waals surface area contributed by atoms with Gasteiger partial charge in [-0.15, -0.1) is 22.7 Å². The number of thiazole rings is 1. The van der Waals surface area contributed by atoms with Gasteiger partial charge in [-0.05, 0) is 30.9 Å². The Bertz CT molecular complexity index is 901. The highest BCUT2D eigenvalue weighted by Gasteiger charge is 2.12. The molecule has 0 spiro atoms. The van der Waals surface area contributed by atoms with Gasteiger partial charge in [0, 0.05) is 10.9 Å². The van der Waals surface area contributed by atoms with Crippen LogP contribution in [0.1, 0.15) is 20.8 Å². The fourth-order valence-electron chi connectivity index (χ4n) is 2.37. The van der Waals surface area contributed by atoms with Gasteiger partial charge in [0.15, 0.2) is 5.13 Å². The van der Waals surface area contributed by atoms with E-state index in [0.717, 1.165) is 16.8 Å². The average Bonchev–Trinajstić information content (AvgIpc) is 3.24. The number of hydrogen-bond donors (Lipinski definition) is 2. The van der Waals surface area contributed by atoms with Crippen LogP contribution in [-0.4, -0.2) is 23.3 Å². The summed E-state index contributed by atoms with van der Waals surface area (Å²) in [6.07, 6.45) is 0. The molecule has 0 unspecified atom stereocenters. The molecule has 3 aromatic rings. The van der Waals surface area contributed by atoms with Crippen molar-refractivity contribution in [2.45, 2.75) is 13.8 Å². The van der Waals surface area contributed by atoms with Crippen molar-refractivity contribution >= 4 is 39.6 Å². The van der Waals surface area contributed by atoms with E-state index >= 15 is 0 Å². The van der Waals surface area contributed by atoms with Gasteiger partial charge >= 0.3 is 0 Å². The number of aryl methyl sites for hydroxylation is 2. The molecule has 0 atom stereocenters. The first-order chi connectivity index (χ1) is 12.0. The van der Waals surface area contributed by atoms with E-state index in [4.69, 9.17) is 0 Å². The van der Waals surface area contributed by atoms with E-state index in [2.05, 4.69) is 21.7 Å². The van der Waals surface area contributed by atoms with Crippen LogP contribution in [0, 0.1) is 13.8 Å². The van der Waals surface area contributed by atoms with Crippen LogP contribution in [0.3, 0.4) is 0 Å². The molecule has 0 saturated heterocycles. The molecule has 2 heterocycles. The smallest absolute Gasteiger partial charge is 0.261 e. The van der Waals surface area contributed by atoms with Crippen LogP contribution >= 0.6 is 22.7 Å². The summed E-state index contributed by atoms with van der Waals surface area (Å²) < 4.78 is 0. The Hall–Kier alpha value is -2.51. The van der Waals surface area contributed by atoms with Crippen LogP contribution in [0.4, 0.5) is 5.13 Å². The summed E-state index contributed by atoms with van der Waals surface area (Å²) in [6, 6.07) is 9.69. The predicted molar refractivity (Wildman–Crippen MR) is 102 cm³/mol. The van der Waals surface area contributed by atoms with E-state index in [-0.39, 0.29) is 18.4 Å². The summed E-state index contributed by atoms with van der Waals surface area (Å²) in [7, 11) is 0. The van der Waals surface area contributed by atoms with Crippen molar-refractivity contribution in [3.63, 3.8) is 0 Å². The van der Waals surface area contributed by atoms with Gasteiger partial charge in [0.25, 0.3) is 5.91 Å². The highest BCUT2D eigenvalue weighted by atomic mass is 32.1. The number of carbonyl (C=O) groups is 2. The first kappa shape index (κ1) is 17.3. The third kappa shape index (κ3) is 4.32. The van der Waals surface area contributed by atoms with Gasteiger partial charge in [-0.25, -0.2) is 4.98 Å². The van der Waals surface area contributed by atoms with Crippen molar-refractivity contribution in [1.82, 2.24) is 10.3 Å². The largest absolute Gasteiger partial charge is 0.342 e. The molecular formula is C18H17N3O2S2. The normalized spacial score (nSPS) is 10.5. The third-order valence-electron chi connectivity index (χ3n) is 3.56. The lowest BCUT2D eigenvalue weighted by Gasteiger charge is -2.04. The van der Waals surface area contributed by atoms with Crippen molar-refractivity contribution < 1.29 is 9.59 Å². The molecule has 0 bridgehead atoms. The topological polar surface area (TPSA) is 71.1 Å². The first-order valence-corrected chi connectivity index (χ1v) is 9.43. The summed E-state index contributed by atoms with van der Waals surface area (Å²) in [5.74, 6) is -0.549. The zero-order chi connectivity index (χ0) is 17.8. The molecule has 128 valence electrons. The van der Waals surface area contributed by atoms with Gasteiger partial charge in [0.2, 0.25) is 5.91 Å². The second kappa shape index (κ2) is 7.58. The lowest BCUT2D eigenvalue weighted by atomic mass is 10.0. The Morgan fingerprint density at radius 3 is 2.72 bits per heavy atom. The Morgan fingerprint density at radius 2 is 2.00 bits per heavy atom. The molecule has 0 aliphatic heterocycles. The monoisotopic (exact) mass is 371 g/mol. The van der Waals surface area contributed by atoms with E-state index in [1.807, 2.05) is 36.7 Å². The standard InChI is InChI=1S/C18H17N3O2S2/c1-11-5-6-13(12(2)8-11)14-10-25-18(20-14)21-16(22)9-19-17(23)15-4-3-7-24-15/h3-8,10H,9H2,1-2H3,(H,19,23)(H,20,21,22). The Morgan fingerprint density at radius 1 is 1.16 bits per heavy atom. The van der Waals surface area contributed by atoms with E-state index in [1.54, 1.807) is 12.1 Å². The molecule has 25 heavy (non-hydrogen) atoms. The van der Waals surface area contributed by atoms with Gasteiger partial charge in [0.05, 0.1) is 17.1 Å². The van der Waals surface area contributed by atoms with Crippen LogP contribution in [0.2, 0.25) is 0 Å². The number of nitrogens with one attached hydrogen (secondary N) is 2. The summed E-state index contributed by atoms with van der Waals surface area (Å²) in [6.45, 7) is 4.00. The Balaban J connectivity index is 1.59. The Labute approximate surface area is 153 Å². The highest BCUT2D eigenvalue weighted by Crippen LogP contribution is 2.27. The van der Waals surface area contributed by atoms with Gasteiger partial charge in [-0.1, -0.05) is 29.8 Å². The van der Waals surface area contributed by atoms with Crippen LogP contribution in [0.5, 0.6) is 0 Å². The van der Waals surface area contributed by atoms with Crippen LogP contribution < -0.4 is 10.6 Å². The maximum absolute atomic E-state index is 12.0. The minimum Gasteiger partial charge on any atom is -0.342 e. The fourth-order valence-corrected chi connectivity index (χ4v) is 3.74. The number of amides is 2. The SMILES string of the molecule is Cc1ccc(-c2csc(NC(=O)CNC(=O)c3cccs3)n2)c(C)c1. The summed E-state index contributed by atoms with van der Waals surface area (Å²) in [4.78, 5) is 28.9. The minimum atomic E-state index is -0.300. The molecule has 2 aromatic heterocycles. The molecule has 3 rings (SSSR count). The van der Waals surface area contributed by atoms with Crippen molar-refractivity contribution in [1.29, 1.82) is 0 Å². The highest BCUT2D eigenvalue weighted by molar-refractivity contribution is 7.14. The van der Waals surface area contributed by atoms with Gasteiger partial charge in [-0.2, -0.15) is 0 Å². The van der Waals surface area contributed by atoms with Gasteiger partial charge in [-0.3, -0.25) is 9.59 Å². The van der Waals surface area contributed by atoms with Crippen molar-refractivity contribution in [2.24, 2.45) is 0 Å². The van der Waals surface area contributed by atoms with E-state index in [1.165, 1.54) is 28.2 Å². The zero-order valence-electron chi connectivity index (χ0n) is 13.8. The minimum absolute atomic E-state index is 0.0881. The Kier molecular flexibility index (Phi) is 5.25. The second-order valence-corrected chi connectivity index (χ2v) is 7.37. The quantitative estimate of drug-likeness (QED) is 0.715. The molecule has 0 aliphatic rings. The average molecular weight is 371 g/mol. The number of thiophene rings is 1. The predicted octanol–water partition coefficient (Wildman–Crippen LogP) is 3.86. The van der Waals surface area contributed by atoms with E-state index < -0.39 is 0 Å². The number of aromatic nitrogens is 1. The number of carbonyl (C=O) groups excluding carboxylic acids is 2. The number of nitrogens with zero attached hydrogens (tertiary/aromatic N) is 1. The van der Waals surface area contributed by atoms with Crippen LogP contribution in [-0.2, 0) is 4.79 Å². The molecule has 2 amide bonds. The summed E-state index contributed by atoms with van der Waals surface area (Å²) in [5, 5.41) is 9.57. The number of hydrogen-bond acceptors (Lipinski definition) is 5. The number of rotatable bonds is 5. The lowest BCUT2D eigenvalue weighted by Crippen LogP contribution is -2.32.